The average Bonchev–Trinajstić information content (AvgIpc) is 3.09. The first-order valence-electron chi connectivity index (χ1n) is 11.3. The lowest BCUT2D eigenvalue weighted by Crippen LogP contribution is -2.48. The quantitative estimate of drug-likeness (QED) is 0.554. The number of hydrogen-bond acceptors (Lipinski definition) is 7. The molecule has 170 valence electrons. The molecule has 0 bridgehead atoms. The summed E-state index contributed by atoms with van der Waals surface area (Å²) in [6, 6.07) is 13.3. The molecule has 2 fully saturated rings. The Kier molecular flexibility index (Phi) is 7.34. The summed E-state index contributed by atoms with van der Waals surface area (Å²) < 4.78 is 11.3. The first-order chi connectivity index (χ1) is 15.6. The number of aryl methyl sites for hydroxylation is 1. The summed E-state index contributed by atoms with van der Waals surface area (Å²) in [5, 5.41) is 8.52. The molecular formula is C24H31N5O3. The summed E-state index contributed by atoms with van der Waals surface area (Å²) in [4.78, 5) is 17.1. The smallest absolute Gasteiger partial charge is 0.408 e. The summed E-state index contributed by atoms with van der Waals surface area (Å²) in [6.07, 6.45) is 2.62. The van der Waals surface area contributed by atoms with Crippen LogP contribution >= 0.6 is 0 Å². The van der Waals surface area contributed by atoms with Gasteiger partial charge in [0.25, 0.3) is 0 Å². The van der Waals surface area contributed by atoms with Crippen molar-refractivity contribution in [3.63, 3.8) is 0 Å². The first kappa shape index (κ1) is 22.2. The van der Waals surface area contributed by atoms with Crippen LogP contribution in [0.5, 0.6) is 5.75 Å². The molecule has 2 aliphatic heterocycles. The maximum atomic E-state index is 12.8. The Bertz CT molecular complexity index is 948. The van der Waals surface area contributed by atoms with Gasteiger partial charge in [0.2, 0.25) is 0 Å². The van der Waals surface area contributed by atoms with Crippen LogP contribution in [0.15, 0.2) is 52.7 Å². The Morgan fingerprint density at radius 3 is 2.62 bits per heavy atom. The van der Waals surface area contributed by atoms with Crippen LogP contribution in [0, 0.1) is 6.92 Å². The van der Waals surface area contributed by atoms with E-state index in [1.807, 2.05) is 37.3 Å². The number of carbonyl (C=O) groups is 1. The fourth-order valence-electron chi connectivity index (χ4n) is 4.20. The number of carbonyl (C=O) groups excluding carboxylic acids is 1. The number of rotatable bonds is 4. The molecule has 0 unspecified atom stereocenters. The van der Waals surface area contributed by atoms with Gasteiger partial charge in [-0.2, -0.15) is 0 Å². The molecule has 2 aromatic rings. The predicted octanol–water partition coefficient (Wildman–Crippen LogP) is 4.68. The number of nitrogens with zero attached hydrogens (tertiary/aromatic N) is 4. The maximum Gasteiger partial charge on any atom is 0.415 e. The van der Waals surface area contributed by atoms with Gasteiger partial charge in [-0.1, -0.05) is 18.2 Å². The van der Waals surface area contributed by atoms with Gasteiger partial charge in [0.05, 0.1) is 12.3 Å². The van der Waals surface area contributed by atoms with E-state index in [9.17, 15) is 4.79 Å². The summed E-state index contributed by atoms with van der Waals surface area (Å²) in [6.45, 7) is 7.01. The summed E-state index contributed by atoms with van der Waals surface area (Å²) in [7, 11) is 0. The Labute approximate surface area is 189 Å². The van der Waals surface area contributed by atoms with Crippen molar-refractivity contribution < 1.29 is 14.3 Å². The van der Waals surface area contributed by atoms with E-state index in [1.54, 1.807) is 17.0 Å². The van der Waals surface area contributed by atoms with Crippen LogP contribution < -0.4 is 10.5 Å². The van der Waals surface area contributed by atoms with Gasteiger partial charge in [-0.05, 0) is 56.0 Å². The highest BCUT2D eigenvalue weighted by Gasteiger charge is 2.28. The monoisotopic (exact) mass is 437 g/mol. The van der Waals surface area contributed by atoms with E-state index in [1.165, 1.54) is 0 Å². The number of amides is 1. The second-order valence-corrected chi connectivity index (χ2v) is 8.32. The van der Waals surface area contributed by atoms with Gasteiger partial charge < -0.3 is 20.1 Å². The van der Waals surface area contributed by atoms with Crippen LogP contribution in [0.1, 0.15) is 24.8 Å². The van der Waals surface area contributed by atoms with Crippen LogP contribution in [-0.4, -0.2) is 61.3 Å². The van der Waals surface area contributed by atoms with Crippen molar-refractivity contribution in [3.05, 3.63) is 48.0 Å². The SMILES string of the molecule is Cc1ccc(/N=N/c2ccccc2OC(=O)N2CCC(N3CCCOCC3)CC2)c(N)c1. The summed E-state index contributed by atoms with van der Waals surface area (Å²) in [5.74, 6) is 0.388. The number of anilines is 1. The van der Waals surface area contributed by atoms with E-state index in [0.29, 0.717) is 41.9 Å². The largest absolute Gasteiger partial charge is 0.415 e. The molecule has 0 spiro atoms. The van der Waals surface area contributed by atoms with Crippen molar-refractivity contribution in [2.45, 2.75) is 32.2 Å². The van der Waals surface area contributed by atoms with Crippen LogP contribution in [0.25, 0.3) is 0 Å². The van der Waals surface area contributed by atoms with E-state index in [-0.39, 0.29) is 6.09 Å². The first-order valence-corrected chi connectivity index (χ1v) is 11.3. The second kappa shape index (κ2) is 10.6. The van der Waals surface area contributed by atoms with Crippen molar-refractivity contribution in [1.82, 2.24) is 9.80 Å². The third-order valence-electron chi connectivity index (χ3n) is 6.01. The number of para-hydroxylation sites is 1. The minimum atomic E-state index is -0.347. The molecule has 8 heteroatoms. The molecule has 0 saturated carbocycles. The Hall–Kier alpha value is -2.97. The van der Waals surface area contributed by atoms with Gasteiger partial charge in [0, 0.05) is 38.8 Å². The number of nitrogen functional groups attached to an aromatic ring is 1. The zero-order chi connectivity index (χ0) is 22.3. The van der Waals surface area contributed by atoms with Crippen molar-refractivity contribution in [2.75, 3.05) is 45.1 Å². The third kappa shape index (κ3) is 5.63. The molecule has 0 atom stereocenters. The number of likely N-dealkylation sites (tertiary alicyclic amines) is 1. The minimum Gasteiger partial charge on any atom is -0.408 e. The molecule has 32 heavy (non-hydrogen) atoms. The summed E-state index contributed by atoms with van der Waals surface area (Å²) in [5.41, 5.74) is 8.70. The van der Waals surface area contributed by atoms with Crippen molar-refractivity contribution >= 4 is 23.2 Å². The molecule has 2 heterocycles. The lowest BCUT2D eigenvalue weighted by molar-refractivity contribution is 0.0917. The highest BCUT2D eigenvalue weighted by atomic mass is 16.6. The van der Waals surface area contributed by atoms with Crippen molar-refractivity contribution in [2.24, 2.45) is 10.2 Å². The third-order valence-corrected chi connectivity index (χ3v) is 6.01. The Morgan fingerprint density at radius 1 is 1.03 bits per heavy atom. The molecule has 0 aliphatic carbocycles. The van der Waals surface area contributed by atoms with E-state index < -0.39 is 0 Å². The minimum absolute atomic E-state index is 0.347. The molecule has 8 nitrogen and oxygen atoms in total. The van der Waals surface area contributed by atoms with Crippen LogP contribution in [0.3, 0.4) is 0 Å². The lowest BCUT2D eigenvalue weighted by atomic mass is 10.0. The van der Waals surface area contributed by atoms with Crippen LogP contribution in [-0.2, 0) is 4.74 Å². The number of piperidine rings is 1. The Morgan fingerprint density at radius 2 is 1.81 bits per heavy atom. The molecular weight excluding hydrogens is 406 g/mol. The molecule has 2 aromatic carbocycles. The molecule has 0 aromatic heterocycles. The number of nitrogens with two attached hydrogens (primary N) is 1. The van der Waals surface area contributed by atoms with Gasteiger partial charge in [0.15, 0.2) is 5.75 Å². The van der Waals surface area contributed by atoms with Gasteiger partial charge in [-0.15, -0.1) is 10.2 Å². The fraction of sp³-hybridized carbons (Fsp3) is 0.458. The van der Waals surface area contributed by atoms with Crippen LogP contribution in [0.2, 0.25) is 0 Å². The zero-order valence-electron chi connectivity index (χ0n) is 18.6. The number of ether oxygens (including phenoxy) is 2. The fourth-order valence-corrected chi connectivity index (χ4v) is 4.20. The van der Waals surface area contributed by atoms with E-state index in [0.717, 1.165) is 51.1 Å². The molecule has 4 rings (SSSR count). The topological polar surface area (TPSA) is 92.8 Å². The van der Waals surface area contributed by atoms with E-state index in [2.05, 4.69) is 15.1 Å². The standard InChI is InChI=1S/C24H31N5O3/c1-18-7-8-21(20(25)17-18)26-27-22-5-2-3-6-23(22)32-24(30)29-12-9-19(10-13-29)28-11-4-15-31-16-14-28/h2-3,5-8,17,19H,4,9-16,25H2,1H3/b27-26+. The van der Waals surface area contributed by atoms with Crippen molar-refractivity contribution in [1.29, 1.82) is 0 Å². The highest BCUT2D eigenvalue weighted by molar-refractivity contribution is 5.73. The number of benzene rings is 2. The van der Waals surface area contributed by atoms with E-state index in [4.69, 9.17) is 15.2 Å². The van der Waals surface area contributed by atoms with Gasteiger partial charge in [0.1, 0.15) is 11.4 Å². The predicted molar refractivity (Wildman–Crippen MR) is 124 cm³/mol. The zero-order valence-corrected chi connectivity index (χ0v) is 18.6. The molecule has 2 N–H and O–H groups in total. The van der Waals surface area contributed by atoms with Gasteiger partial charge in [-0.3, -0.25) is 4.90 Å². The average molecular weight is 438 g/mol. The highest BCUT2D eigenvalue weighted by Crippen LogP contribution is 2.31. The van der Waals surface area contributed by atoms with Crippen molar-refractivity contribution in [3.8, 4) is 5.75 Å². The normalized spacial score (nSPS) is 18.6. The van der Waals surface area contributed by atoms with Gasteiger partial charge in [-0.25, -0.2) is 4.79 Å². The molecule has 1 amide bonds. The van der Waals surface area contributed by atoms with E-state index >= 15 is 0 Å². The lowest BCUT2D eigenvalue weighted by Gasteiger charge is -2.37. The second-order valence-electron chi connectivity index (χ2n) is 8.32. The summed E-state index contributed by atoms with van der Waals surface area (Å²) >= 11 is 0. The Balaban J connectivity index is 1.36. The molecule has 2 saturated heterocycles. The van der Waals surface area contributed by atoms with Crippen LogP contribution in [0.4, 0.5) is 21.9 Å². The van der Waals surface area contributed by atoms with Gasteiger partial charge >= 0.3 is 6.09 Å². The molecule has 2 aliphatic rings. The number of azo groups is 1. The molecule has 0 radical (unpaired) electrons. The number of hydrogen-bond donors (Lipinski definition) is 1. The maximum absolute atomic E-state index is 12.8.